The molecule has 110 valence electrons. The van der Waals surface area contributed by atoms with E-state index >= 15 is 0 Å². The second-order valence-electron chi connectivity index (χ2n) is 5.90. The van der Waals surface area contributed by atoms with E-state index in [0.717, 1.165) is 18.5 Å². The fourth-order valence-corrected chi connectivity index (χ4v) is 2.72. The molecular formula is C16H24N2O2. The van der Waals surface area contributed by atoms with Crippen LogP contribution in [0.15, 0.2) is 24.3 Å². The molecule has 4 heteroatoms. The highest BCUT2D eigenvalue weighted by Gasteiger charge is 2.35. The maximum absolute atomic E-state index is 12.0. The molecule has 0 aliphatic heterocycles. The summed E-state index contributed by atoms with van der Waals surface area (Å²) in [6, 6.07) is 6.28. The third-order valence-electron chi connectivity index (χ3n) is 4.53. The molecule has 4 N–H and O–H groups in total. The largest absolute Gasteiger partial charge is 0.508 e. The van der Waals surface area contributed by atoms with Gasteiger partial charge in [-0.2, -0.15) is 0 Å². The number of carbonyl (C=O) groups is 1. The van der Waals surface area contributed by atoms with Crippen LogP contribution in [0.25, 0.3) is 0 Å². The average Bonchev–Trinajstić information content (AvgIpc) is 2.40. The van der Waals surface area contributed by atoms with Crippen molar-refractivity contribution in [1.29, 1.82) is 0 Å². The summed E-state index contributed by atoms with van der Waals surface area (Å²) in [4.78, 5) is 12.0. The van der Waals surface area contributed by atoms with Crippen molar-refractivity contribution in [2.75, 3.05) is 6.54 Å². The van der Waals surface area contributed by atoms with Gasteiger partial charge in [0.1, 0.15) is 5.75 Å². The lowest BCUT2D eigenvalue weighted by atomic mass is 9.67. The standard InChI is InChI=1S/C16H24N2O2/c1-2-16(8-3-9-16)11-18-15(20)14(17)10-12-4-6-13(19)7-5-12/h4-7,14,19H,2-3,8-11,17H2,1H3,(H,18,20). The van der Waals surface area contributed by atoms with E-state index in [1.54, 1.807) is 24.3 Å². The van der Waals surface area contributed by atoms with Crippen molar-refractivity contribution in [1.82, 2.24) is 5.32 Å². The van der Waals surface area contributed by atoms with Gasteiger partial charge in [0.2, 0.25) is 5.91 Å². The molecule has 1 saturated carbocycles. The van der Waals surface area contributed by atoms with Crippen molar-refractivity contribution >= 4 is 5.91 Å². The lowest BCUT2D eigenvalue weighted by Gasteiger charge is -2.41. The first kappa shape index (κ1) is 14.9. The third-order valence-corrected chi connectivity index (χ3v) is 4.53. The van der Waals surface area contributed by atoms with Gasteiger partial charge in [0.25, 0.3) is 0 Å². The number of hydrogen-bond acceptors (Lipinski definition) is 3. The van der Waals surface area contributed by atoms with E-state index in [2.05, 4.69) is 12.2 Å². The zero-order chi connectivity index (χ0) is 14.6. The van der Waals surface area contributed by atoms with Crippen molar-refractivity contribution in [3.05, 3.63) is 29.8 Å². The van der Waals surface area contributed by atoms with Gasteiger partial charge in [-0.05, 0) is 48.8 Å². The van der Waals surface area contributed by atoms with Gasteiger partial charge < -0.3 is 16.2 Å². The van der Waals surface area contributed by atoms with E-state index in [1.807, 2.05) is 0 Å². The zero-order valence-electron chi connectivity index (χ0n) is 12.1. The molecule has 1 atom stereocenters. The first-order valence-electron chi connectivity index (χ1n) is 7.36. The summed E-state index contributed by atoms with van der Waals surface area (Å²) in [5.41, 5.74) is 7.21. The van der Waals surface area contributed by atoms with Crippen molar-refractivity contribution in [3.8, 4) is 5.75 Å². The molecule has 0 aromatic heterocycles. The monoisotopic (exact) mass is 276 g/mol. The van der Waals surface area contributed by atoms with Crippen LogP contribution in [0.5, 0.6) is 5.75 Å². The Hall–Kier alpha value is -1.55. The number of carbonyl (C=O) groups excluding carboxylic acids is 1. The summed E-state index contributed by atoms with van der Waals surface area (Å²) in [7, 11) is 0. The highest BCUT2D eigenvalue weighted by Crippen LogP contribution is 2.42. The van der Waals surface area contributed by atoms with E-state index < -0.39 is 6.04 Å². The summed E-state index contributed by atoms with van der Waals surface area (Å²) in [6.07, 6.45) is 5.28. The molecule has 1 amide bonds. The molecule has 1 aliphatic carbocycles. The van der Waals surface area contributed by atoms with Crippen LogP contribution < -0.4 is 11.1 Å². The van der Waals surface area contributed by atoms with Crippen LogP contribution in [0.3, 0.4) is 0 Å². The molecule has 0 spiro atoms. The molecule has 0 bridgehead atoms. The first-order valence-corrected chi connectivity index (χ1v) is 7.36. The van der Waals surface area contributed by atoms with Crippen LogP contribution in [0.4, 0.5) is 0 Å². The summed E-state index contributed by atoms with van der Waals surface area (Å²) in [5, 5.41) is 12.2. The van der Waals surface area contributed by atoms with Gasteiger partial charge in [-0.15, -0.1) is 0 Å². The maximum Gasteiger partial charge on any atom is 0.237 e. The van der Waals surface area contributed by atoms with Crippen molar-refractivity contribution in [3.63, 3.8) is 0 Å². The van der Waals surface area contributed by atoms with Crippen molar-refractivity contribution in [2.24, 2.45) is 11.1 Å². The van der Waals surface area contributed by atoms with Crippen molar-refractivity contribution < 1.29 is 9.90 Å². The zero-order valence-corrected chi connectivity index (χ0v) is 12.1. The number of nitrogens with one attached hydrogen (secondary N) is 1. The summed E-state index contributed by atoms with van der Waals surface area (Å²) < 4.78 is 0. The Bertz CT molecular complexity index is 447. The van der Waals surface area contributed by atoms with Crippen LogP contribution in [-0.2, 0) is 11.2 Å². The lowest BCUT2D eigenvalue weighted by molar-refractivity contribution is -0.123. The molecule has 20 heavy (non-hydrogen) atoms. The van der Waals surface area contributed by atoms with Gasteiger partial charge in [-0.25, -0.2) is 0 Å². The Morgan fingerprint density at radius 3 is 2.55 bits per heavy atom. The fraction of sp³-hybridized carbons (Fsp3) is 0.562. The number of nitrogens with two attached hydrogens (primary N) is 1. The minimum atomic E-state index is -0.534. The van der Waals surface area contributed by atoms with Gasteiger partial charge in [0.15, 0.2) is 0 Å². The number of phenols is 1. The number of amides is 1. The Balaban J connectivity index is 1.81. The minimum absolute atomic E-state index is 0.0854. The number of phenolic OH excluding ortho intramolecular Hbond substituents is 1. The number of hydrogen-bond donors (Lipinski definition) is 3. The Morgan fingerprint density at radius 2 is 2.05 bits per heavy atom. The molecule has 0 saturated heterocycles. The van der Waals surface area contributed by atoms with E-state index in [9.17, 15) is 9.90 Å². The summed E-state index contributed by atoms with van der Waals surface area (Å²) in [5.74, 6) is 0.138. The Kier molecular flexibility index (Phi) is 4.65. The molecule has 1 aromatic carbocycles. The summed E-state index contributed by atoms with van der Waals surface area (Å²) in [6.45, 7) is 2.92. The molecule has 4 nitrogen and oxygen atoms in total. The smallest absolute Gasteiger partial charge is 0.237 e. The number of rotatable bonds is 6. The van der Waals surface area contributed by atoms with Crippen LogP contribution in [0.2, 0.25) is 0 Å². The fourth-order valence-electron chi connectivity index (χ4n) is 2.72. The SMILES string of the molecule is CCC1(CNC(=O)C(N)Cc2ccc(O)cc2)CCC1. The van der Waals surface area contributed by atoms with E-state index in [4.69, 9.17) is 5.73 Å². The normalized spacial score (nSPS) is 18.1. The quantitative estimate of drug-likeness (QED) is 0.743. The van der Waals surface area contributed by atoms with Crippen LogP contribution in [-0.4, -0.2) is 23.6 Å². The second-order valence-corrected chi connectivity index (χ2v) is 5.90. The Labute approximate surface area is 120 Å². The highest BCUT2D eigenvalue weighted by atomic mass is 16.3. The molecule has 2 rings (SSSR count). The molecule has 0 radical (unpaired) electrons. The average molecular weight is 276 g/mol. The van der Waals surface area contributed by atoms with E-state index in [0.29, 0.717) is 11.8 Å². The van der Waals surface area contributed by atoms with Crippen molar-refractivity contribution in [2.45, 2.75) is 45.1 Å². The van der Waals surface area contributed by atoms with Gasteiger partial charge >= 0.3 is 0 Å². The Morgan fingerprint density at radius 1 is 1.40 bits per heavy atom. The predicted molar refractivity (Wildman–Crippen MR) is 79.4 cm³/mol. The minimum Gasteiger partial charge on any atom is -0.508 e. The van der Waals surface area contributed by atoms with Crippen LogP contribution in [0.1, 0.15) is 38.2 Å². The van der Waals surface area contributed by atoms with Gasteiger partial charge in [-0.3, -0.25) is 4.79 Å². The summed E-state index contributed by atoms with van der Waals surface area (Å²) >= 11 is 0. The van der Waals surface area contributed by atoms with Gasteiger partial charge in [0, 0.05) is 6.54 Å². The number of aromatic hydroxyl groups is 1. The second kappa shape index (κ2) is 6.27. The highest BCUT2D eigenvalue weighted by molar-refractivity contribution is 5.81. The van der Waals surface area contributed by atoms with Crippen LogP contribution >= 0.6 is 0 Å². The third kappa shape index (κ3) is 3.51. The predicted octanol–water partition coefficient (Wildman–Crippen LogP) is 1.96. The van der Waals surface area contributed by atoms with E-state index in [-0.39, 0.29) is 11.7 Å². The lowest BCUT2D eigenvalue weighted by Crippen LogP contribution is -2.48. The molecule has 0 heterocycles. The van der Waals surface area contributed by atoms with Crippen LogP contribution in [0, 0.1) is 5.41 Å². The van der Waals surface area contributed by atoms with Gasteiger partial charge in [-0.1, -0.05) is 25.5 Å². The molecular weight excluding hydrogens is 252 g/mol. The topological polar surface area (TPSA) is 75.4 Å². The molecule has 1 aliphatic rings. The maximum atomic E-state index is 12.0. The van der Waals surface area contributed by atoms with Gasteiger partial charge in [0.05, 0.1) is 6.04 Å². The first-order chi connectivity index (χ1) is 9.54. The molecule has 1 aromatic rings. The molecule has 1 unspecified atom stereocenters. The van der Waals surface area contributed by atoms with E-state index in [1.165, 1.54) is 19.3 Å². The molecule has 1 fully saturated rings. The number of benzene rings is 1.